The SMILES string of the molecule is c1ccc(-c2nnn3c2CO[C@H](CNCc2ccoc2)C3)cc1. The van der Waals surface area contributed by atoms with E-state index in [-0.39, 0.29) is 6.10 Å². The van der Waals surface area contributed by atoms with Crippen molar-refractivity contribution in [3.63, 3.8) is 0 Å². The number of aromatic nitrogens is 3. The molecule has 118 valence electrons. The van der Waals surface area contributed by atoms with Crippen molar-refractivity contribution in [3.8, 4) is 11.3 Å². The lowest BCUT2D eigenvalue weighted by atomic mass is 10.1. The zero-order chi connectivity index (χ0) is 15.5. The third-order valence-corrected chi connectivity index (χ3v) is 4.00. The molecule has 1 N–H and O–H groups in total. The van der Waals surface area contributed by atoms with Gasteiger partial charge >= 0.3 is 0 Å². The molecule has 0 fully saturated rings. The van der Waals surface area contributed by atoms with Gasteiger partial charge in [-0.25, -0.2) is 4.68 Å². The van der Waals surface area contributed by atoms with E-state index in [0.717, 1.165) is 35.6 Å². The number of furan rings is 1. The molecular weight excluding hydrogens is 292 g/mol. The number of hydrogen-bond donors (Lipinski definition) is 1. The van der Waals surface area contributed by atoms with Crippen LogP contribution in [0.1, 0.15) is 11.3 Å². The Bertz CT molecular complexity index is 752. The summed E-state index contributed by atoms with van der Waals surface area (Å²) >= 11 is 0. The van der Waals surface area contributed by atoms with Crippen LogP contribution in [-0.4, -0.2) is 27.6 Å². The van der Waals surface area contributed by atoms with Gasteiger partial charge in [0.15, 0.2) is 0 Å². The third kappa shape index (κ3) is 3.04. The molecule has 1 aliphatic rings. The Kier molecular flexibility index (Phi) is 3.92. The Balaban J connectivity index is 1.39. The van der Waals surface area contributed by atoms with Crippen LogP contribution in [0.4, 0.5) is 0 Å². The predicted octanol–water partition coefficient (Wildman–Crippen LogP) is 2.23. The Morgan fingerprint density at radius 2 is 2.13 bits per heavy atom. The normalized spacial score (nSPS) is 17.1. The molecule has 0 radical (unpaired) electrons. The van der Waals surface area contributed by atoms with Crippen LogP contribution < -0.4 is 5.32 Å². The van der Waals surface area contributed by atoms with Crippen LogP contribution in [0.2, 0.25) is 0 Å². The zero-order valence-electron chi connectivity index (χ0n) is 12.7. The molecule has 0 spiro atoms. The van der Waals surface area contributed by atoms with Crippen molar-refractivity contribution in [2.75, 3.05) is 6.54 Å². The topological polar surface area (TPSA) is 65.1 Å². The third-order valence-electron chi connectivity index (χ3n) is 4.00. The van der Waals surface area contributed by atoms with Gasteiger partial charge in [0.05, 0.1) is 37.5 Å². The number of nitrogens with zero attached hydrogens (tertiary/aromatic N) is 3. The molecule has 0 saturated heterocycles. The highest BCUT2D eigenvalue weighted by molar-refractivity contribution is 5.61. The minimum Gasteiger partial charge on any atom is -0.472 e. The average Bonchev–Trinajstić information content (AvgIpc) is 3.25. The van der Waals surface area contributed by atoms with E-state index in [1.807, 2.05) is 41.1 Å². The summed E-state index contributed by atoms with van der Waals surface area (Å²) in [6.45, 7) is 2.80. The fourth-order valence-corrected chi connectivity index (χ4v) is 2.78. The first-order valence-corrected chi connectivity index (χ1v) is 7.71. The summed E-state index contributed by atoms with van der Waals surface area (Å²) in [7, 11) is 0. The molecule has 4 rings (SSSR count). The monoisotopic (exact) mass is 310 g/mol. The summed E-state index contributed by atoms with van der Waals surface area (Å²) in [4.78, 5) is 0. The maximum atomic E-state index is 5.96. The minimum atomic E-state index is 0.0970. The van der Waals surface area contributed by atoms with Crippen LogP contribution in [0.15, 0.2) is 53.3 Å². The molecule has 1 aromatic carbocycles. The molecule has 1 aliphatic heterocycles. The fourth-order valence-electron chi connectivity index (χ4n) is 2.78. The van der Waals surface area contributed by atoms with E-state index < -0.39 is 0 Å². The van der Waals surface area contributed by atoms with Crippen molar-refractivity contribution < 1.29 is 9.15 Å². The maximum Gasteiger partial charge on any atom is 0.118 e. The van der Waals surface area contributed by atoms with Gasteiger partial charge in [0.2, 0.25) is 0 Å². The number of hydrogen-bond acceptors (Lipinski definition) is 5. The van der Waals surface area contributed by atoms with Crippen LogP contribution in [0.3, 0.4) is 0 Å². The van der Waals surface area contributed by atoms with Crippen molar-refractivity contribution >= 4 is 0 Å². The van der Waals surface area contributed by atoms with Crippen molar-refractivity contribution in [1.29, 1.82) is 0 Å². The highest BCUT2D eigenvalue weighted by atomic mass is 16.5. The van der Waals surface area contributed by atoms with Crippen molar-refractivity contribution in [3.05, 3.63) is 60.2 Å². The molecule has 6 heteroatoms. The quantitative estimate of drug-likeness (QED) is 0.783. The summed E-state index contributed by atoms with van der Waals surface area (Å²) in [5, 5.41) is 12.0. The number of rotatable bonds is 5. The molecule has 0 saturated carbocycles. The standard InChI is InChI=1S/C17H18N4O2/c1-2-4-14(5-3-1)17-16-12-23-15(10-21(16)20-19-17)9-18-8-13-6-7-22-11-13/h1-7,11,15,18H,8-10,12H2/t15-/m1/s1. The Morgan fingerprint density at radius 3 is 2.96 bits per heavy atom. The first-order chi connectivity index (χ1) is 11.4. The van der Waals surface area contributed by atoms with Gasteiger partial charge in [-0.15, -0.1) is 5.10 Å². The zero-order valence-corrected chi connectivity index (χ0v) is 12.7. The maximum absolute atomic E-state index is 5.96. The fraction of sp³-hybridized carbons (Fsp3) is 0.294. The number of fused-ring (bicyclic) bond motifs is 1. The highest BCUT2D eigenvalue weighted by Crippen LogP contribution is 2.24. The highest BCUT2D eigenvalue weighted by Gasteiger charge is 2.24. The van der Waals surface area contributed by atoms with Crippen LogP contribution in [0.25, 0.3) is 11.3 Å². The molecule has 6 nitrogen and oxygen atoms in total. The van der Waals surface area contributed by atoms with Crippen LogP contribution >= 0.6 is 0 Å². The van der Waals surface area contributed by atoms with Crippen LogP contribution in [-0.2, 0) is 24.4 Å². The summed E-state index contributed by atoms with van der Waals surface area (Å²) in [6, 6.07) is 12.1. The van der Waals surface area contributed by atoms with Crippen LogP contribution in [0.5, 0.6) is 0 Å². The van der Waals surface area contributed by atoms with Gasteiger partial charge in [0.1, 0.15) is 5.69 Å². The molecule has 3 heterocycles. The molecule has 2 aromatic heterocycles. The predicted molar refractivity (Wildman–Crippen MR) is 84.4 cm³/mol. The molecule has 23 heavy (non-hydrogen) atoms. The van der Waals surface area contributed by atoms with E-state index in [0.29, 0.717) is 13.2 Å². The van der Waals surface area contributed by atoms with E-state index >= 15 is 0 Å². The number of ether oxygens (including phenoxy) is 1. The molecular formula is C17H18N4O2. The van der Waals surface area contributed by atoms with E-state index in [1.165, 1.54) is 0 Å². The Labute approximate surface area is 134 Å². The lowest BCUT2D eigenvalue weighted by Crippen LogP contribution is -2.36. The average molecular weight is 310 g/mol. The van der Waals surface area contributed by atoms with Crippen molar-refractivity contribution in [2.45, 2.75) is 25.8 Å². The summed E-state index contributed by atoms with van der Waals surface area (Å²) in [5.41, 5.74) is 4.17. The first kappa shape index (κ1) is 14.2. The largest absolute Gasteiger partial charge is 0.472 e. The Morgan fingerprint density at radius 1 is 1.22 bits per heavy atom. The summed E-state index contributed by atoms with van der Waals surface area (Å²) < 4.78 is 13.0. The van der Waals surface area contributed by atoms with Crippen molar-refractivity contribution in [2.24, 2.45) is 0 Å². The van der Waals surface area contributed by atoms with E-state index in [1.54, 1.807) is 12.5 Å². The van der Waals surface area contributed by atoms with Crippen LogP contribution in [0, 0.1) is 0 Å². The molecule has 0 aliphatic carbocycles. The summed E-state index contributed by atoms with van der Waals surface area (Å²) in [5.74, 6) is 0. The van der Waals surface area contributed by atoms with Crippen molar-refractivity contribution in [1.82, 2.24) is 20.3 Å². The van der Waals surface area contributed by atoms with Gasteiger partial charge < -0.3 is 14.5 Å². The second-order valence-electron chi connectivity index (χ2n) is 5.63. The van der Waals surface area contributed by atoms with E-state index in [2.05, 4.69) is 15.6 Å². The smallest absolute Gasteiger partial charge is 0.118 e. The van der Waals surface area contributed by atoms with Gasteiger partial charge in [0, 0.05) is 24.2 Å². The van der Waals surface area contributed by atoms with E-state index in [9.17, 15) is 0 Å². The second kappa shape index (κ2) is 6.36. The molecule has 3 aromatic rings. The number of benzene rings is 1. The summed E-state index contributed by atoms with van der Waals surface area (Å²) in [6.07, 6.45) is 3.52. The number of nitrogens with one attached hydrogen (secondary N) is 1. The molecule has 0 bridgehead atoms. The van der Waals surface area contributed by atoms with Gasteiger partial charge in [-0.3, -0.25) is 0 Å². The van der Waals surface area contributed by atoms with Gasteiger partial charge in [-0.05, 0) is 6.07 Å². The first-order valence-electron chi connectivity index (χ1n) is 7.71. The van der Waals surface area contributed by atoms with E-state index in [4.69, 9.17) is 9.15 Å². The molecule has 1 atom stereocenters. The minimum absolute atomic E-state index is 0.0970. The molecule has 0 unspecified atom stereocenters. The Hall–Kier alpha value is -2.44. The second-order valence-corrected chi connectivity index (χ2v) is 5.63. The lowest BCUT2D eigenvalue weighted by molar-refractivity contribution is 0.00125. The lowest BCUT2D eigenvalue weighted by Gasteiger charge is -2.24. The van der Waals surface area contributed by atoms with Gasteiger partial charge in [-0.2, -0.15) is 0 Å². The van der Waals surface area contributed by atoms with Gasteiger partial charge in [-0.1, -0.05) is 35.5 Å². The molecule has 0 amide bonds. The van der Waals surface area contributed by atoms with Gasteiger partial charge in [0.25, 0.3) is 0 Å².